The number of hydrogen-bond donors (Lipinski definition) is 0. The normalized spacial score (nSPS) is 16.0. The van der Waals surface area contributed by atoms with Gasteiger partial charge < -0.3 is 14.4 Å². The molecule has 0 bridgehead atoms. The second kappa shape index (κ2) is 7.07. The second-order valence-corrected chi connectivity index (χ2v) is 4.66. The molecule has 0 amide bonds. The lowest BCUT2D eigenvalue weighted by Crippen LogP contribution is -2.37. The number of aromatic nitrogens is 2. The molecule has 1 fully saturated rings. The molecule has 1 aromatic heterocycles. The fourth-order valence-electron chi connectivity index (χ4n) is 2.31. The molecule has 20 heavy (non-hydrogen) atoms. The van der Waals surface area contributed by atoms with Crippen molar-refractivity contribution >= 4 is 11.8 Å². The molecule has 0 unspecified atom stereocenters. The largest absolute Gasteiger partial charge is 0.477 e. The zero-order valence-electron chi connectivity index (χ0n) is 12.0. The van der Waals surface area contributed by atoms with Gasteiger partial charge in [0.2, 0.25) is 5.88 Å². The molecule has 0 aromatic carbocycles. The molecule has 1 saturated heterocycles. The number of carbonyl (C=O) groups is 1. The molecule has 0 radical (unpaired) electrons. The van der Waals surface area contributed by atoms with Crippen molar-refractivity contribution in [1.29, 1.82) is 0 Å². The number of anilines is 1. The Balaban J connectivity index is 1.93. The van der Waals surface area contributed by atoms with E-state index in [1.807, 2.05) is 13.8 Å². The van der Waals surface area contributed by atoms with Crippen LogP contribution in [-0.2, 0) is 9.53 Å². The van der Waals surface area contributed by atoms with E-state index in [-0.39, 0.29) is 11.9 Å². The topological polar surface area (TPSA) is 64.5 Å². The van der Waals surface area contributed by atoms with Crippen molar-refractivity contribution in [1.82, 2.24) is 9.97 Å². The van der Waals surface area contributed by atoms with Crippen molar-refractivity contribution in [3.8, 4) is 5.88 Å². The minimum Gasteiger partial charge on any atom is -0.477 e. The molecule has 110 valence electrons. The van der Waals surface area contributed by atoms with Gasteiger partial charge >= 0.3 is 5.97 Å². The number of nitrogens with zero attached hydrogens (tertiary/aromatic N) is 3. The lowest BCUT2D eigenvalue weighted by Gasteiger charge is -2.31. The Kier molecular flexibility index (Phi) is 5.15. The molecule has 0 aliphatic carbocycles. The van der Waals surface area contributed by atoms with Gasteiger partial charge in [-0.05, 0) is 26.7 Å². The number of hydrogen-bond acceptors (Lipinski definition) is 6. The van der Waals surface area contributed by atoms with Crippen molar-refractivity contribution in [2.24, 2.45) is 5.92 Å². The zero-order valence-corrected chi connectivity index (χ0v) is 12.0. The number of piperidine rings is 1. The van der Waals surface area contributed by atoms with Gasteiger partial charge in [-0.15, -0.1) is 0 Å². The predicted molar refractivity (Wildman–Crippen MR) is 74.8 cm³/mol. The molecule has 0 spiro atoms. The van der Waals surface area contributed by atoms with Crippen LogP contribution in [0.2, 0.25) is 0 Å². The molecule has 6 nitrogen and oxygen atoms in total. The summed E-state index contributed by atoms with van der Waals surface area (Å²) in [5.41, 5.74) is 0. The maximum absolute atomic E-state index is 11.7. The van der Waals surface area contributed by atoms with Crippen LogP contribution in [-0.4, -0.2) is 42.2 Å². The summed E-state index contributed by atoms with van der Waals surface area (Å²) in [7, 11) is 0. The van der Waals surface area contributed by atoms with Crippen molar-refractivity contribution in [3.63, 3.8) is 0 Å². The highest BCUT2D eigenvalue weighted by molar-refractivity contribution is 5.72. The van der Waals surface area contributed by atoms with Crippen molar-refractivity contribution in [3.05, 3.63) is 12.4 Å². The van der Waals surface area contributed by atoms with E-state index in [2.05, 4.69) is 14.9 Å². The maximum atomic E-state index is 11.7. The summed E-state index contributed by atoms with van der Waals surface area (Å²) in [5, 5.41) is 0. The lowest BCUT2D eigenvalue weighted by atomic mass is 9.97. The summed E-state index contributed by atoms with van der Waals surface area (Å²) >= 11 is 0. The highest BCUT2D eigenvalue weighted by atomic mass is 16.5. The standard InChI is InChI=1S/C14H21N3O3/c1-3-19-13-10-15-9-12(16-13)17-7-5-11(6-8-17)14(18)20-4-2/h9-11H,3-8H2,1-2H3. The van der Waals surface area contributed by atoms with E-state index >= 15 is 0 Å². The minimum absolute atomic E-state index is 0.00855. The van der Waals surface area contributed by atoms with Crippen LogP contribution >= 0.6 is 0 Å². The van der Waals surface area contributed by atoms with Gasteiger partial charge in [-0.3, -0.25) is 9.78 Å². The van der Waals surface area contributed by atoms with E-state index in [0.29, 0.717) is 19.1 Å². The molecule has 2 rings (SSSR count). The molecule has 1 aromatic rings. The summed E-state index contributed by atoms with van der Waals surface area (Å²) in [6.07, 6.45) is 4.92. The van der Waals surface area contributed by atoms with Gasteiger partial charge in [0.25, 0.3) is 0 Å². The first-order chi connectivity index (χ1) is 9.74. The lowest BCUT2D eigenvalue weighted by molar-refractivity contribution is -0.148. The van der Waals surface area contributed by atoms with E-state index in [1.54, 1.807) is 12.4 Å². The summed E-state index contributed by atoms with van der Waals surface area (Å²) in [5.74, 6) is 1.27. The van der Waals surface area contributed by atoms with Crippen LogP contribution in [0.15, 0.2) is 12.4 Å². The van der Waals surface area contributed by atoms with Crippen LogP contribution in [0.3, 0.4) is 0 Å². The SMILES string of the molecule is CCOC(=O)C1CCN(c2cncc(OCC)n2)CC1. The molecule has 1 aliphatic heterocycles. The van der Waals surface area contributed by atoms with Crippen LogP contribution in [0, 0.1) is 5.92 Å². The van der Waals surface area contributed by atoms with Crippen LogP contribution in [0.1, 0.15) is 26.7 Å². The van der Waals surface area contributed by atoms with Gasteiger partial charge in [-0.1, -0.05) is 0 Å². The third kappa shape index (κ3) is 3.59. The van der Waals surface area contributed by atoms with Crippen molar-refractivity contribution in [2.75, 3.05) is 31.2 Å². The Labute approximate surface area is 119 Å². The molecule has 0 atom stereocenters. The highest BCUT2D eigenvalue weighted by Crippen LogP contribution is 2.23. The third-order valence-electron chi connectivity index (χ3n) is 3.33. The smallest absolute Gasteiger partial charge is 0.309 e. The Morgan fingerprint density at radius 2 is 2.05 bits per heavy atom. The molecular weight excluding hydrogens is 258 g/mol. The maximum Gasteiger partial charge on any atom is 0.309 e. The number of carbonyl (C=O) groups excluding carboxylic acids is 1. The fraction of sp³-hybridized carbons (Fsp3) is 0.643. The van der Waals surface area contributed by atoms with Gasteiger partial charge in [0.15, 0.2) is 5.82 Å². The van der Waals surface area contributed by atoms with E-state index in [0.717, 1.165) is 31.7 Å². The van der Waals surface area contributed by atoms with Gasteiger partial charge in [-0.2, -0.15) is 4.98 Å². The summed E-state index contributed by atoms with van der Waals surface area (Å²) in [6, 6.07) is 0. The number of rotatable bonds is 5. The number of ether oxygens (including phenoxy) is 2. The Hall–Kier alpha value is -1.85. The van der Waals surface area contributed by atoms with Crippen molar-refractivity contribution in [2.45, 2.75) is 26.7 Å². The average molecular weight is 279 g/mol. The van der Waals surface area contributed by atoms with Crippen LogP contribution in [0.4, 0.5) is 5.82 Å². The van der Waals surface area contributed by atoms with E-state index < -0.39 is 0 Å². The first kappa shape index (κ1) is 14.6. The molecule has 0 N–H and O–H groups in total. The Morgan fingerprint density at radius 1 is 1.30 bits per heavy atom. The van der Waals surface area contributed by atoms with Gasteiger partial charge in [0.1, 0.15) is 0 Å². The highest BCUT2D eigenvalue weighted by Gasteiger charge is 2.26. The first-order valence-electron chi connectivity index (χ1n) is 7.11. The fourth-order valence-corrected chi connectivity index (χ4v) is 2.31. The minimum atomic E-state index is -0.0821. The zero-order chi connectivity index (χ0) is 14.4. The second-order valence-electron chi connectivity index (χ2n) is 4.66. The molecule has 6 heteroatoms. The van der Waals surface area contributed by atoms with Gasteiger partial charge in [0.05, 0.1) is 31.5 Å². The van der Waals surface area contributed by atoms with E-state index in [1.165, 1.54) is 0 Å². The number of esters is 1. The van der Waals surface area contributed by atoms with Gasteiger partial charge in [-0.25, -0.2) is 0 Å². The van der Waals surface area contributed by atoms with Crippen LogP contribution in [0.5, 0.6) is 5.88 Å². The molecular formula is C14H21N3O3. The van der Waals surface area contributed by atoms with Crippen LogP contribution in [0.25, 0.3) is 0 Å². The predicted octanol–water partition coefficient (Wildman–Crippen LogP) is 1.65. The van der Waals surface area contributed by atoms with Gasteiger partial charge in [0, 0.05) is 13.1 Å². The molecule has 2 heterocycles. The van der Waals surface area contributed by atoms with E-state index in [4.69, 9.17) is 9.47 Å². The average Bonchev–Trinajstić information content (AvgIpc) is 2.48. The van der Waals surface area contributed by atoms with Crippen molar-refractivity contribution < 1.29 is 14.3 Å². The molecule has 1 aliphatic rings. The quantitative estimate of drug-likeness (QED) is 0.764. The van der Waals surface area contributed by atoms with Crippen LogP contribution < -0.4 is 9.64 Å². The Morgan fingerprint density at radius 3 is 2.70 bits per heavy atom. The first-order valence-corrected chi connectivity index (χ1v) is 7.11. The summed E-state index contributed by atoms with van der Waals surface area (Å²) < 4.78 is 10.4. The Bertz CT molecular complexity index is 445. The monoisotopic (exact) mass is 279 g/mol. The third-order valence-corrected chi connectivity index (χ3v) is 3.33. The summed E-state index contributed by atoms with van der Waals surface area (Å²) in [4.78, 5) is 22.4. The molecule has 0 saturated carbocycles. The van der Waals surface area contributed by atoms with E-state index in [9.17, 15) is 4.79 Å². The summed E-state index contributed by atoms with van der Waals surface area (Å²) in [6.45, 7) is 6.34.